The van der Waals surface area contributed by atoms with Crippen molar-refractivity contribution in [3.05, 3.63) is 59.7 Å². The summed E-state index contributed by atoms with van der Waals surface area (Å²) in [5, 5.41) is 3.11. The van der Waals surface area contributed by atoms with E-state index in [1.54, 1.807) is 0 Å². The number of hydrogen-bond donors (Lipinski definition) is 1. The standard InChI is InChI=1S/C25H34N2O2/c1-5-24(29-23-12-6-18(2)7-13-23)25(28)26-20(4)21-8-10-22(11-9-21)27-16-14-19(3)15-17-27/h6-13,19-20,24H,5,14-17H2,1-4H3,(H,26,28)/t20-,24-/m0/s1. The second kappa shape index (κ2) is 9.82. The molecule has 1 aliphatic rings. The summed E-state index contributed by atoms with van der Waals surface area (Å²) in [7, 11) is 0. The Morgan fingerprint density at radius 3 is 2.31 bits per heavy atom. The van der Waals surface area contributed by atoms with Crippen LogP contribution in [0, 0.1) is 12.8 Å². The van der Waals surface area contributed by atoms with Gasteiger partial charge in [-0.15, -0.1) is 0 Å². The van der Waals surface area contributed by atoms with Gasteiger partial charge in [-0.3, -0.25) is 4.79 Å². The van der Waals surface area contributed by atoms with Crippen molar-refractivity contribution < 1.29 is 9.53 Å². The summed E-state index contributed by atoms with van der Waals surface area (Å²) in [6.07, 6.45) is 2.65. The van der Waals surface area contributed by atoms with Gasteiger partial charge in [-0.25, -0.2) is 0 Å². The van der Waals surface area contributed by atoms with Gasteiger partial charge in [-0.1, -0.05) is 43.7 Å². The highest BCUT2D eigenvalue weighted by Crippen LogP contribution is 2.25. The molecule has 2 atom stereocenters. The molecule has 2 aromatic carbocycles. The Kier molecular flexibility index (Phi) is 7.18. The molecular formula is C25H34N2O2. The summed E-state index contributed by atoms with van der Waals surface area (Å²) >= 11 is 0. The molecule has 0 saturated carbocycles. The van der Waals surface area contributed by atoms with Crippen LogP contribution in [-0.4, -0.2) is 25.1 Å². The molecule has 0 aliphatic carbocycles. The van der Waals surface area contributed by atoms with Crippen LogP contribution >= 0.6 is 0 Å². The van der Waals surface area contributed by atoms with Crippen molar-refractivity contribution in [2.75, 3.05) is 18.0 Å². The smallest absolute Gasteiger partial charge is 0.261 e. The number of carbonyl (C=O) groups excluding carboxylic acids is 1. The number of hydrogen-bond acceptors (Lipinski definition) is 3. The van der Waals surface area contributed by atoms with E-state index in [4.69, 9.17) is 4.74 Å². The fourth-order valence-corrected chi connectivity index (χ4v) is 3.73. The van der Waals surface area contributed by atoms with E-state index in [2.05, 4.69) is 41.4 Å². The number of piperidine rings is 1. The zero-order valence-corrected chi connectivity index (χ0v) is 18.2. The minimum Gasteiger partial charge on any atom is -0.481 e. The van der Waals surface area contributed by atoms with Gasteiger partial charge >= 0.3 is 0 Å². The third-order valence-electron chi connectivity index (χ3n) is 5.86. The third kappa shape index (κ3) is 5.75. The topological polar surface area (TPSA) is 41.6 Å². The highest BCUT2D eigenvalue weighted by atomic mass is 16.5. The fourth-order valence-electron chi connectivity index (χ4n) is 3.73. The number of rotatable bonds is 7. The van der Waals surface area contributed by atoms with Crippen molar-refractivity contribution >= 4 is 11.6 Å². The Morgan fingerprint density at radius 1 is 1.10 bits per heavy atom. The summed E-state index contributed by atoms with van der Waals surface area (Å²) in [5.41, 5.74) is 3.55. The molecule has 0 spiro atoms. The molecule has 0 bridgehead atoms. The van der Waals surface area contributed by atoms with Crippen LogP contribution in [0.3, 0.4) is 0 Å². The molecule has 4 heteroatoms. The van der Waals surface area contributed by atoms with Crippen LogP contribution in [0.5, 0.6) is 5.75 Å². The van der Waals surface area contributed by atoms with Gasteiger partial charge in [0.1, 0.15) is 5.75 Å². The molecule has 0 aromatic heterocycles. The first kappa shape index (κ1) is 21.2. The SMILES string of the molecule is CC[C@H](Oc1ccc(C)cc1)C(=O)N[C@@H](C)c1ccc(N2CCC(C)CC2)cc1. The van der Waals surface area contributed by atoms with Crippen LogP contribution in [0.15, 0.2) is 48.5 Å². The molecule has 1 amide bonds. The van der Waals surface area contributed by atoms with Crippen molar-refractivity contribution in [1.29, 1.82) is 0 Å². The van der Waals surface area contributed by atoms with E-state index in [0.717, 1.165) is 30.3 Å². The summed E-state index contributed by atoms with van der Waals surface area (Å²) in [6.45, 7) is 10.6. The molecule has 3 rings (SSSR count). The Bertz CT molecular complexity index is 777. The number of carbonyl (C=O) groups is 1. The first-order valence-corrected chi connectivity index (χ1v) is 10.8. The van der Waals surface area contributed by atoms with Gasteiger partial charge in [-0.2, -0.15) is 0 Å². The molecule has 1 heterocycles. The molecular weight excluding hydrogens is 360 g/mol. The van der Waals surface area contributed by atoms with Gasteiger partial charge in [0.15, 0.2) is 6.10 Å². The average Bonchev–Trinajstić information content (AvgIpc) is 2.74. The zero-order valence-electron chi connectivity index (χ0n) is 18.2. The van der Waals surface area contributed by atoms with Crippen LogP contribution in [0.4, 0.5) is 5.69 Å². The fraction of sp³-hybridized carbons (Fsp3) is 0.480. The lowest BCUT2D eigenvalue weighted by Crippen LogP contribution is -2.39. The van der Waals surface area contributed by atoms with Crippen molar-refractivity contribution in [2.45, 2.75) is 59.1 Å². The molecule has 1 saturated heterocycles. The Hall–Kier alpha value is -2.49. The maximum Gasteiger partial charge on any atom is 0.261 e. The Balaban J connectivity index is 1.57. The Morgan fingerprint density at radius 2 is 1.72 bits per heavy atom. The van der Waals surface area contributed by atoms with Crippen molar-refractivity contribution in [1.82, 2.24) is 5.32 Å². The second-order valence-corrected chi connectivity index (χ2v) is 8.32. The van der Waals surface area contributed by atoms with E-state index >= 15 is 0 Å². The summed E-state index contributed by atoms with van der Waals surface area (Å²) in [6, 6.07) is 16.3. The lowest BCUT2D eigenvalue weighted by atomic mass is 9.98. The van der Waals surface area contributed by atoms with E-state index in [-0.39, 0.29) is 11.9 Å². The van der Waals surface area contributed by atoms with E-state index in [1.807, 2.05) is 45.0 Å². The number of nitrogens with zero attached hydrogens (tertiary/aromatic N) is 1. The lowest BCUT2D eigenvalue weighted by molar-refractivity contribution is -0.128. The monoisotopic (exact) mass is 394 g/mol. The number of nitrogens with one attached hydrogen (secondary N) is 1. The predicted octanol–water partition coefficient (Wildman–Crippen LogP) is 5.27. The quantitative estimate of drug-likeness (QED) is 0.696. The predicted molar refractivity (Wildman–Crippen MR) is 119 cm³/mol. The Labute approximate surface area is 175 Å². The molecule has 1 N–H and O–H groups in total. The van der Waals surface area contributed by atoms with E-state index in [1.165, 1.54) is 24.1 Å². The zero-order chi connectivity index (χ0) is 20.8. The molecule has 0 radical (unpaired) electrons. The van der Waals surface area contributed by atoms with E-state index < -0.39 is 6.10 Å². The maximum atomic E-state index is 12.7. The van der Waals surface area contributed by atoms with Crippen LogP contribution in [0.2, 0.25) is 0 Å². The lowest BCUT2D eigenvalue weighted by Gasteiger charge is -2.32. The maximum absolute atomic E-state index is 12.7. The molecule has 1 aliphatic heterocycles. The van der Waals surface area contributed by atoms with Gasteiger partial charge in [0, 0.05) is 18.8 Å². The third-order valence-corrected chi connectivity index (χ3v) is 5.86. The van der Waals surface area contributed by atoms with Gasteiger partial charge < -0.3 is 15.0 Å². The molecule has 1 fully saturated rings. The van der Waals surface area contributed by atoms with Crippen LogP contribution in [-0.2, 0) is 4.79 Å². The molecule has 2 aromatic rings. The first-order chi connectivity index (χ1) is 14.0. The van der Waals surface area contributed by atoms with Crippen molar-refractivity contribution in [2.24, 2.45) is 5.92 Å². The number of aryl methyl sites for hydroxylation is 1. The summed E-state index contributed by atoms with van der Waals surface area (Å²) in [4.78, 5) is 15.2. The average molecular weight is 395 g/mol. The number of ether oxygens (including phenoxy) is 1. The van der Waals surface area contributed by atoms with Gasteiger partial charge in [0.25, 0.3) is 5.91 Å². The van der Waals surface area contributed by atoms with Gasteiger partial charge in [-0.05, 0) is 68.9 Å². The van der Waals surface area contributed by atoms with E-state index in [9.17, 15) is 4.79 Å². The largest absolute Gasteiger partial charge is 0.481 e. The minimum atomic E-state index is -0.491. The van der Waals surface area contributed by atoms with Crippen LogP contribution in [0.1, 0.15) is 57.2 Å². The second-order valence-electron chi connectivity index (χ2n) is 8.32. The van der Waals surface area contributed by atoms with E-state index in [0.29, 0.717) is 6.42 Å². The normalized spacial score (nSPS) is 16.9. The number of benzene rings is 2. The first-order valence-electron chi connectivity index (χ1n) is 10.8. The highest BCUT2D eigenvalue weighted by molar-refractivity contribution is 5.81. The van der Waals surface area contributed by atoms with Crippen molar-refractivity contribution in [3.8, 4) is 5.75 Å². The summed E-state index contributed by atoms with van der Waals surface area (Å²) in [5.74, 6) is 1.48. The van der Waals surface area contributed by atoms with Crippen LogP contribution in [0.25, 0.3) is 0 Å². The van der Waals surface area contributed by atoms with Crippen molar-refractivity contribution in [3.63, 3.8) is 0 Å². The minimum absolute atomic E-state index is 0.0615. The summed E-state index contributed by atoms with van der Waals surface area (Å²) < 4.78 is 5.91. The molecule has 4 nitrogen and oxygen atoms in total. The highest BCUT2D eigenvalue weighted by Gasteiger charge is 2.21. The molecule has 0 unspecified atom stereocenters. The molecule has 156 valence electrons. The van der Waals surface area contributed by atoms with Crippen LogP contribution < -0.4 is 15.0 Å². The van der Waals surface area contributed by atoms with Gasteiger partial charge in [0.05, 0.1) is 6.04 Å². The number of amides is 1. The van der Waals surface area contributed by atoms with Gasteiger partial charge in [0.2, 0.25) is 0 Å². The number of anilines is 1. The molecule has 29 heavy (non-hydrogen) atoms.